The molecule has 1 aromatic carbocycles. The molecule has 1 atom stereocenters. The Kier molecular flexibility index (Phi) is 7.23. The summed E-state index contributed by atoms with van der Waals surface area (Å²) in [7, 11) is 0. The first-order valence-corrected chi connectivity index (χ1v) is 7.56. The van der Waals surface area contributed by atoms with Crippen molar-refractivity contribution in [3.63, 3.8) is 0 Å². The number of ether oxygens (including phenoxy) is 2. The number of hydrogen-bond acceptors (Lipinski definition) is 4. The molecular weight excluding hydrogens is 266 g/mol. The van der Waals surface area contributed by atoms with E-state index in [9.17, 15) is 4.79 Å². The van der Waals surface area contributed by atoms with Crippen molar-refractivity contribution >= 4 is 5.97 Å². The van der Waals surface area contributed by atoms with Crippen LogP contribution in [0.4, 0.5) is 0 Å². The van der Waals surface area contributed by atoms with Gasteiger partial charge >= 0.3 is 5.97 Å². The third-order valence-corrected chi connectivity index (χ3v) is 3.11. The van der Waals surface area contributed by atoms with Gasteiger partial charge in [0.1, 0.15) is 11.8 Å². The van der Waals surface area contributed by atoms with Gasteiger partial charge in [-0.25, -0.2) is 0 Å². The summed E-state index contributed by atoms with van der Waals surface area (Å²) in [6.45, 7) is 10.8. The summed E-state index contributed by atoms with van der Waals surface area (Å²) in [5, 5.41) is 3.22. The number of benzene rings is 1. The van der Waals surface area contributed by atoms with Gasteiger partial charge in [0.25, 0.3) is 0 Å². The van der Waals surface area contributed by atoms with Crippen molar-refractivity contribution in [3.8, 4) is 5.75 Å². The average molecular weight is 293 g/mol. The summed E-state index contributed by atoms with van der Waals surface area (Å²) in [5.74, 6) is 0.665. The van der Waals surface area contributed by atoms with Crippen LogP contribution in [0.2, 0.25) is 0 Å². The lowest BCUT2D eigenvalue weighted by Gasteiger charge is -2.20. The summed E-state index contributed by atoms with van der Waals surface area (Å²) in [6, 6.07) is 6.02. The molecule has 4 nitrogen and oxygen atoms in total. The van der Waals surface area contributed by atoms with Crippen molar-refractivity contribution in [2.75, 3.05) is 13.2 Å². The molecule has 0 spiro atoms. The lowest BCUT2D eigenvalue weighted by molar-refractivity contribution is -0.146. The van der Waals surface area contributed by atoms with Crippen LogP contribution in [0.5, 0.6) is 5.75 Å². The van der Waals surface area contributed by atoms with E-state index in [0.29, 0.717) is 19.6 Å². The Balaban J connectivity index is 2.56. The van der Waals surface area contributed by atoms with E-state index in [0.717, 1.165) is 16.9 Å². The van der Waals surface area contributed by atoms with Crippen LogP contribution in [0.3, 0.4) is 0 Å². The molecule has 21 heavy (non-hydrogen) atoms. The average Bonchev–Trinajstić information content (AvgIpc) is 2.41. The van der Waals surface area contributed by atoms with Crippen LogP contribution in [0.1, 0.15) is 38.3 Å². The molecule has 0 saturated carbocycles. The van der Waals surface area contributed by atoms with Crippen LogP contribution in [-0.2, 0) is 9.53 Å². The molecule has 1 unspecified atom stereocenters. The summed E-state index contributed by atoms with van der Waals surface area (Å²) in [6.07, 6.45) is 0.588. The van der Waals surface area contributed by atoms with E-state index in [2.05, 4.69) is 11.4 Å². The highest BCUT2D eigenvalue weighted by molar-refractivity contribution is 5.75. The lowest BCUT2D eigenvalue weighted by Crippen LogP contribution is -2.42. The predicted molar refractivity (Wildman–Crippen MR) is 84.7 cm³/mol. The second-order valence-corrected chi connectivity index (χ2v) is 5.53. The molecule has 1 rings (SSSR count). The molecule has 0 aromatic heterocycles. The van der Waals surface area contributed by atoms with Gasteiger partial charge in [0, 0.05) is 12.5 Å². The minimum absolute atomic E-state index is 0.212. The number of nitrogens with one attached hydrogen (secondary N) is 1. The first-order valence-electron chi connectivity index (χ1n) is 7.56. The quantitative estimate of drug-likeness (QED) is 0.749. The fourth-order valence-corrected chi connectivity index (χ4v) is 2.06. The molecule has 0 aliphatic carbocycles. The van der Waals surface area contributed by atoms with Crippen molar-refractivity contribution in [1.82, 2.24) is 5.32 Å². The number of rotatable bonds is 8. The minimum Gasteiger partial charge on any atom is -0.493 e. The van der Waals surface area contributed by atoms with Gasteiger partial charge in [0.05, 0.1) is 13.2 Å². The summed E-state index contributed by atoms with van der Waals surface area (Å²) >= 11 is 0. The van der Waals surface area contributed by atoms with Gasteiger partial charge < -0.3 is 14.8 Å². The Morgan fingerprint density at radius 3 is 2.62 bits per heavy atom. The van der Waals surface area contributed by atoms with E-state index >= 15 is 0 Å². The van der Waals surface area contributed by atoms with Crippen molar-refractivity contribution in [2.24, 2.45) is 0 Å². The largest absolute Gasteiger partial charge is 0.493 e. The van der Waals surface area contributed by atoms with Crippen molar-refractivity contribution < 1.29 is 14.3 Å². The first kappa shape index (κ1) is 17.5. The highest BCUT2D eigenvalue weighted by atomic mass is 16.5. The van der Waals surface area contributed by atoms with Gasteiger partial charge in [-0.1, -0.05) is 26.0 Å². The normalized spacial score (nSPS) is 12.3. The van der Waals surface area contributed by atoms with Gasteiger partial charge in [-0.2, -0.15) is 0 Å². The maximum Gasteiger partial charge on any atom is 0.323 e. The second kappa shape index (κ2) is 8.67. The number of carbonyl (C=O) groups excluding carboxylic acids is 1. The monoisotopic (exact) mass is 293 g/mol. The smallest absolute Gasteiger partial charge is 0.323 e. The Labute approximate surface area is 127 Å². The third kappa shape index (κ3) is 6.17. The molecule has 1 aromatic rings. The predicted octanol–water partition coefficient (Wildman–Crippen LogP) is 3.00. The van der Waals surface area contributed by atoms with E-state index < -0.39 is 0 Å². The summed E-state index contributed by atoms with van der Waals surface area (Å²) < 4.78 is 10.9. The molecule has 0 amide bonds. The molecule has 0 saturated heterocycles. The number of esters is 1. The molecule has 1 N–H and O–H groups in total. The summed E-state index contributed by atoms with van der Waals surface area (Å²) in [4.78, 5) is 11.9. The van der Waals surface area contributed by atoms with Crippen molar-refractivity contribution in [1.29, 1.82) is 0 Å². The molecular formula is C17H27NO3. The van der Waals surface area contributed by atoms with E-state index in [1.54, 1.807) is 0 Å². The topological polar surface area (TPSA) is 47.6 Å². The van der Waals surface area contributed by atoms with Crippen LogP contribution < -0.4 is 10.1 Å². The van der Waals surface area contributed by atoms with Gasteiger partial charge in [-0.05, 0) is 38.0 Å². The molecule has 0 heterocycles. The highest BCUT2D eigenvalue weighted by Gasteiger charge is 2.20. The van der Waals surface area contributed by atoms with Crippen LogP contribution in [0, 0.1) is 13.8 Å². The zero-order chi connectivity index (χ0) is 15.8. The fourth-order valence-electron chi connectivity index (χ4n) is 2.06. The van der Waals surface area contributed by atoms with Crippen LogP contribution >= 0.6 is 0 Å². The third-order valence-electron chi connectivity index (χ3n) is 3.11. The Morgan fingerprint density at radius 2 is 2.00 bits per heavy atom. The molecule has 0 aliphatic rings. The second-order valence-electron chi connectivity index (χ2n) is 5.53. The van der Waals surface area contributed by atoms with E-state index in [-0.39, 0.29) is 18.1 Å². The van der Waals surface area contributed by atoms with Crippen LogP contribution in [0.15, 0.2) is 18.2 Å². The Hall–Kier alpha value is -1.55. The number of carbonyl (C=O) groups is 1. The molecule has 0 bridgehead atoms. The van der Waals surface area contributed by atoms with Gasteiger partial charge in [0.2, 0.25) is 0 Å². The first-order chi connectivity index (χ1) is 9.93. The summed E-state index contributed by atoms with van der Waals surface area (Å²) in [5.41, 5.74) is 2.27. The van der Waals surface area contributed by atoms with Gasteiger partial charge in [-0.3, -0.25) is 4.79 Å². The molecule has 0 radical (unpaired) electrons. The molecule has 118 valence electrons. The highest BCUT2D eigenvalue weighted by Crippen LogP contribution is 2.19. The van der Waals surface area contributed by atoms with E-state index in [1.807, 2.05) is 46.8 Å². The lowest BCUT2D eigenvalue weighted by atomic mass is 10.1. The molecule has 0 aliphatic heterocycles. The number of aryl methyl sites for hydroxylation is 2. The van der Waals surface area contributed by atoms with Gasteiger partial charge in [0.15, 0.2) is 0 Å². The van der Waals surface area contributed by atoms with E-state index in [1.165, 1.54) is 0 Å². The zero-order valence-electron chi connectivity index (χ0n) is 13.7. The van der Waals surface area contributed by atoms with Gasteiger partial charge in [-0.15, -0.1) is 0 Å². The SMILES string of the molecule is CCOC(=O)C(CCOc1cc(C)ccc1C)NC(C)C. The van der Waals surface area contributed by atoms with Crippen molar-refractivity contribution in [2.45, 2.75) is 53.1 Å². The standard InChI is InChI=1S/C17H27NO3/c1-6-20-17(19)15(18-12(2)3)9-10-21-16-11-13(4)7-8-14(16)5/h7-8,11-12,15,18H,6,9-10H2,1-5H3. The van der Waals surface area contributed by atoms with Crippen molar-refractivity contribution in [3.05, 3.63) is 29.3 Å². The molecule has 0 fully saturated rings. The minimum atomic E-state index is -0.324. The maximum atomic E-state index is 11.9. The van der Waals surface area contributed by atoms with Crippen LogP contribution in [0.25, 0.3) is 0 Å². The maximum absolute atomic E-state index is 11.9. The molecule has 4 heteroatoms. The van der Waals surface area contributed by atoms with Crippen LogP contribution in [-0.4, -0.2) is 31.3 Å². The Morgan fingerprint density at radius 1 is 1.29 bits per heavy atom. The fraction of sp³-hybridized carbons (Fsp3) is 0.588. The Bertz CT molecular complexity index is 457. The zero-order valence-corrected chi connectivity index (χ0v) is 13.7. The number of hydrogen-bond donors (Lipinski definition) is 1. The van der Waals surface area contributed by atoms with E-state index in [4.69, 9.17) is 9.47 Å².